The Morgan fingerprint density at radius 3 is 2.38 bits per heavy atom. The van der Waals surface area contributed by atoms with Crippen molar-refractivity contribution >= 4 is 44.5 Å². The van der Waals surface area contributed by atoms with Gasteiger partial charge in [-0.1, -0.05) is 40.5 Å². The van der Waals surface area contributed by atoms with E-state index in [0.717, 1.165) is 24.5 Å². The Bertz CT molecular complexity index is 1550. The fourth-order valence-electron chi connectivity index (χ4n) is 3.78. The van der Waals surface area contributed by atoms with Gasteiger partial charge in [0, 0.05) is 33.8 Å². The van der Waals surface area contributed by atoms with Crippen molar-refractivity contribution in [3.63, 3.8) is 0 Å². The molecule has 0 bridgehead atoms. The second-order valence-electron chi connectivity index (χ2n) is 8.32. The van der Waals surface area contributed by atoms with Crippen molar-refractivity contribution in [2.75, 3.05) is 6.26 Å². The largest absolute Gasteiger partial charge is 0.435 e. The van der Waals surface area contributed by atoms with Crippen molar-refractivity contribution in [3.8, 4) is 0 Å². The van der Waals surface area contributed by atoms with Crippen LogP contribution in [0, 0.1) is 12.9 Å². The number of benzene rings is 2. The van der Waals surface area contributed by atoms with Crippen LogP contribution < -0.4 is 0 Å². The summed E-state index contributed by atoms with van der Waals surface area (Å²) < 4.78 is 72.7. The van der Waals surface area contributed by atoms with E-state index in [1.165, 1.54) is 43.3 Å². The third-order valence-corrected chi connectivity index (χ3v) is 7.59. The number of carbonyl (C=O) groups excluding carboxylic acids is 1. The summed E-state index contributed by atoms with van der Waals surface area (Å²) in [4.78, 5) is 21.3. The molecule has 2 aromatic carbocycles. The molecule has 13 heteroatoms. The van der Waals surface area contributed by atoms with Gasteiger partial charge in [-0.2, -0.15) is 21.9 Å². The van der Waals surface area contributed by atoms with Crippen molar-refractivity contribution in [1.29, 1.82) is 0 Å². The predicted molar refractivity (Wildman–Crippen MR) is 131 cm³/mol. The SMILES string of the molecule is Cc1cc(C2=NOC(c3cc(Cl)cc(Cl)c3)(C(F)(F)F)C2)ccc1C(=O)N=S(C)(=O)c1cccc(F)n1. The molecule has 0 fully saturated rings. The number of alkyl halides is 3. The smallest absolute Gasteiger partial charge is 0.374 e. The molecular weight excluding hydrogens is 557 g/mol. The molecule has 0 saturated heterocycles. The Balaban J connectivity index is 1.65. The Morgan fingerprint density at radius 2 is 1.78 bits per heavy atom. The van der Waals surface area contributed by atoms with E-state index in [9.17, 15) is 26.6 Å². The minimum atomic E-state index is -4.86. The number of nitrogens with zero attached hydrogens (tertiary/aromatic N) is 3. The number of hydrogen-bond donors (Lipinski definition) is 0. The van der Waals surface area contributed by atoms with Crippen molar-refractivity contribution in [2.24, 2.45) is 9.52 Å². The quantitative estimate of drug-likeness (QED) is 0.256. The number of amides is 1. The third-order valence-electron chi connectivity index (χ3n) is 5.64. The number of halogens is 6. The zero-order valence-corrected chi connectivity index (χ0v) is 21.5. The lowest BCUT2D eigenvalue weighted by Crippen LogP contribution is -2.42. The van der Waals surface area contributed by atoms with Crippen molar-refractivity contribution in [2.45, 2.75) is 30.1 Å². The van der Waals surface area contributed by atoms with Gasteiger partial charge in [0.25, 0.3) is 11.5 Å². The molecule has 0 saturated carbocycles. The highest BCUT2D eigenvalue weighted by molar-refractivity contribution is 7.93. The molecule has 2 heterocycles. The molecule has 1 aliphatic rings. The number of hydrogen-bond acceptors (Lipinski definition) is 5. The molecule has 6 nitrogen and oxygen atoms in total. The molecule has 2 unspecified atom stereocenters. The first kappa shape index (κ1) is 27.0. The average molecular weight is 574 g/mol. The summed E-state index contributed by atoms with van der Waals surface area (Å²) in [6, 6.07) is 11.3. The highest BCUT2D eigenvalue weighted by atomic mass is 35.5. The van der Waals surface area contributed by atoms with E-state index in [0.29, 0.717) is 5.56 Å². The van der Waals surface area contributed by atoms with Gasteiger partial charge in [-0.25, -0.2) is 9.19 Å². The number of aromatic nitrogens is 1. The summed E-state index contributed by atoms with van der Waals surface area (Å²) in [5, 5.41) is 3.51. The molecule has 1 amide bonds. The van der Waals surface area contributed by atoms with Gasteiger partial charge in [0.15, 0.2) is 0 Å². The molecule has 37 heavy (non-hydrogen) atoms. The summed E-state index contributed by atoms with van der Waals surface area (Å²) in [7, 11) is -3.36. The maximum atomic E-state index is 14.2. The maximum absolute atomic E-state index is 14.2. The van der Waals surface area contributed by atoms with Crippen LogP contribution in [0.4, 0.5) is 17.6 Å². The van der Waals surface area contributed by atoms with Gasteiger partial charge >= 0.3 is 6.18 Å². The molecule has 0 spiro atoms. The van der Waals surface area contributed by atoms with Gasteiger partial charge in [-0.05, 0) is 60.5 Å². The topological polar surface area (TPSA) is 81.0 Å². The molecule has 2 atom stereocenters. The van der Waals surface area contributed by atoms with Crippen molar-refractivity contribution in [3.05, 3.63) is 92.8 Å². The fraction of sp³-hybridized carbons (Fsp3) is 0.208. The average Bonchev–Trinajstić information content (AvgIpc) is 3.25. The van der Waals surface area contributed by atoms with E-state index in [2.05, 4.69) is 14.5 Å². The zero-order valence-electron chi connectivity index (χ0n) is 19.1. The van der Waals surface area contributed by atoms with E-state index in [1.54, 1.807) is 0 Å². The number of oxime groups is 1. The number of carbonyl (C=O) groups is 1. The normalized spacial score (nSPS) is 19.1. The molecule has 0 aliphatic carbocycles. The highest BCUT2D eigenvalue weighted by Gasteiger charge is 2.62. The highest BCUT2D eigenvalue weighted by Crippen LogP contribution is 2.49. The summed E-state index contributed by atoms with van der Waals surface area (Å²) in [6.45, 7) is 1.54. The first-order valence-corrected chi connectivity index (χ1v) is 13.2. The second-order valence-corrected chi connectivity index (χ2v) is 11.4. The van der Waals surface area contributed by atoms with E-state index < -0.39 is 39.8 Å². The van der Waals surface area contributed by atoms with E-state index in [-0.39, 0.29) is 37.5 Å². The fourth-order valence-corrected chi connectivity index (χ4v) is 5.41. The van der Waals surface area contributed by atoms with Crippen LogP contribution >= 0.6 is 23.2 Å². The Kier molecular flexibility index (Phi) is 7.08. The Labute approximate surface area is 219 Å². The summed E-state index contributed by atoms with van der Waals surface area (Å²) in [6.07, 6.45) is -4.37. The van der Waals surface area contributed by atoms with Gasteiger partial charge in [-0.3, -0.25) is 4.79 Å². The lowest BCUT2D eigenvalue weighted by Gasteiger charge is -2.29. The summed E-state index contributed by atoms with van der Waals surface area (Å²) in [5.74, 6) is -1.73. The van der Waals surface area contributed by atoms with E-state index in [1.807, 2.05) is 0 Å². The molecule has 194 valence electrons. The van der Waals surface area contributed by atoms with Crippen LogP contribution in [0.25, 0.3) is 0 Å². The third kappa shape index (κ3) is 5.34. The van der Waals surface area contributed by atoms with Crippen LogP contribution in [-0.2, 0) is 20.2 Å². The number of pyridine rings is 1. The van der Waals surface area contributed by atoms with Gasteiger partial charge in [0.1, 0.15) is 5.03 Å². The van der Waals surface area contributed by atoms with Gasteiger partial charge in [-0.15, -0.1) is 0 Å². The molecular formula is C24H17Cl2F4N3O3S. The Morgan fingerprint density at radius 1 is 1.11 bits per heavy atom. The Hall–Kier alpha value is -3.02. The van der Waals surface area contributed by atoms with Crippen molar-refractivity contribution < 1.29 is 31.4 Å². The van der Waals surface area contributed by atoms with E-state index >= 15 is 0 Å². The first-order valence-electron chi connectivity index (χ1n) is 10.5. The van der Waals surface area contributed by atoms with Gasteiger partial charge in [0.2, 0.25) is 5.95 Å². The van der Waals surface area contributed by atoms with Crippen LogP contribution in [-0.4, -0.2) is 33.2 Å². The predicted octanol–water partition coefficient (Wildman–Crippen LogP) is 6.72. The molecule has 4 rings (SSSR count). The summed E-state index contributed by atoms with van der Waals surface area (Å²) >= 11 is 11.9. The van der Waals surface area contributed by atoms with Crippen LogP contribution in [0.5, 0.6) is 0 Å². The minimum absolute atomic E-state index is 0.00609. The monoisotopic (exact) mass is 573 g/mol. The molecule has 3 aromatic rings. The molecule has 0 N–H and O–H groups in total. The second kappa shape index (κ2) is 9.70. The lowest BCUT2D eigenvalue weighted by molar-refractivity contribution is -0.275. The lowest BCUT2D eigenvalue weighted by atomic mass is 9.86. The van der Waals surface area contributed by atoms with Gasteiger partial charge < -0.3 is 4.84 Å². The number of rotatable bonds is 4. The number of aryl methyl sites for hydroxylation is 1. The summed E-state index contributed by atoms with van der Waals surface area (Å²) in [5.41, 5.74) is -2.46. The standard InChI is InChI=1S/C24H17Cl2F4N3O3S/c1-13-8-14(6-7-18(13)22(34)33-37(2,35)21-5-3-4-20(27)31-21)19-12-23(36-32-19,24(28,29)30)15-9-16(25)11-17(26)10-15/h3-11H,12H2,1-2H3. The molecule has 1 aromatic heterocycles. The maximum Gasteiger partial charge on any atom is 0.435 e. The van der Waals surface area contributed by atoms with Crippen molar-refractivity contribution in [1.82, 2.24) is 4.98 Å². The van der Waals surface area contributed by atoms with Crippen LogP contribution in [0.2, 0.25) is 10.0 Å². The van der Waals surface area contributed by atoms with Crippen LogP contribution in [0.3, 0.4) is 0 Å². The van der Waals surface area contributed by atoms with Gasteiger partial charge in [0.05, 0.1) is 15.4 Å². The van der Waals surface area contributed by atoms with Crippen LogP contribution in [0.1, 0.15) is 33.5 Å². The van der Waals surface area contributed by atoms with E-state index in [4.69, 9.17) is 28.0 Å². The minimum Gasteiger partial charge on any atom is -0.374 e. The first-order chi connectivity index (χ1) is 17.2. The molecule has 1 aliphatic heterocycles. The molecule has 0 radical (unpaired) electrons. The zero-order chi connectivity index (χ0) is 27.2. The van der Waals surface area contributed by atoms with Crippen LogP contribution in [0.15, 0.2) is 69.1 Å².